The van der Waals surface area contributed by atoms with E-state index in [4.69, 9.17) is 17.3 Å². The highest BCUT2D eigenvalue weighted by molar-refractivity contribution is 7.17. The zero-order valence-corrected chi connectivity index (χ0v) is 10.7. The molecule has 0 bridgehead atoms. The Morgan fingerprint density at radius 3 is 2.76 bits per heavy atom. The number of aryl methyl sites for hydroxylation is 1. The van der Waals surface area contributed by atoms with Gasteiger partial charge in [-0.25, -0.2) is 4.39 Å². The Balaban J connectivity index is 2.68. The first-order valence-electron chi connectivity index (χ1n) is 5.10. The maximum absolute atomic E-state index is 13.4. The van der Waals surface area contributed by atoms with Gasteiger partial charge in [-0.3, -0.25) is 0 Å². The van der Waals surface area contributed by atoms with E-state index in [1.165, 1.54) is 17.4 Å². The standard InChI is InChI=1S/C12H11ClFNOS/c1-2-8-11(16)9(12(15)17-8)6-4-3-5-7(14)10(6)13/h3-5,16H,2,15H2,1H3. The smallest absolute Gasteiger partial charge is 0.142 e. The van der Waals surface area contributed by atoms with Gasteiger partial charge < -0.3 is 10.8 Å². The third kappa shape index (κ3) is 1.98. The summed E-state index contributed by atoms with van der Waals surface area (Å²) in [6, 6.07) is 4.45. The second-order valence-corrected chi connectivity index (χ2v) is 5.08. The SMILES string of the molecule is CCc1sc(N)c(-c2cccc(F)c2Cl)c1O. The van der Waals surface area contributed by atoms with E-state index in [0.29, 0.717) is 22.5 Å². The maximum atomic E-state index is 13.4. The summed E-state index contributed by atoms with van der Waals surface area (Å²) in [5.41, 5.74) is 6.70. The van der Waals surface area contributed by atoms with Crippen LogP contribution in [0.4, 0.5) is 9.39 Å². The van der Waals surface area contributed by atoms with Crippen molar-refractivity contribution in [1.82, 2.24) is 0 Å². The third-order valence-electron chi connectivity index (χ3n) is 2.52. The number of benzene rings is 1. The van der Waals surface area contributed by atoms with Gasteiger partial charge >= 0.3 is 0 Å². The molecule has 0 atom stereocenters. The van der Waals surface area contributed by atoms with Crippen LogP contribution in [-0.2, 0) is 6.42 Å². The number of hydrogen-bond acceptors (Lipinski definition) is 3. The molecule has 0 saturated heterocycles. The van der Waals surface area contributed by atoms with Gasteiger partial charge in [-0.15, -0.1) is 11.3 Å². The van der Waals surface area contributed by atoms with Crippen molar-refractivity contribution >= 4 is 27.9 Å². The van der Waals surface area contributed by atoms with Crippen LogP contribution in [0.2, 0.25) is 5.02 Å². The van der Waals surface area contributed by atoms with Crippen molar-refractivity contribution in [2.24, 2.45) is 0 Å². The summed E-state index contributed by atoms with van der Waals surface area (Å²) in [4.78, 5) is 0.776. The van der Waals surface area contributed by atoms with Crippen molar-refractivity contribution in [2.75, 3.05) is 5.73 Å². The Bertz CT molecular complexity index is 568. The highest BCUT2D eigenvalue weighted by Gasteiger charge is 2.19. The van der Waals surface area contributed by atoms with E-state index in [2.05, 4.69) is 0 Å². The highest BCUT2D eigenvalue weighted by atomic mass is 35.5. The van der Waals surface area contributed by atoms with E-state index in [-0.39, 0.29) is 10.8 Å². The van der Waals surface area contributed by atoms with Crippen molar-refractivity contribution < 1.29 is 9.50 Å². The van der Waals surface area contributed by atoms with Crippen LogP contribution in [0.5, 0.6) is 5.75 Å². The summed E-state index contributed by atoms with van der Waals surface area (Å²) in [5, 5.41) is 10.5. The normalized spacial score (nSPS) is 10.8. The molecule has 17 heavy (non-hydrogen) atoms. The molecule has 0 amide bonds. The monoisotopic (exact) mass is 271 g/mol. The number of rotatable bonds is 2. The Kier molecular flexibility index (Phi) is 3.26. The van der Waals surface area contributed by atoms with Gasteiger partial charge in [0.1, 0.15) is 11.6 Å². The van der Waals surface area contributed by atoms with Crippen molar-refractivity contribution in [3.8, 4) is 16.9 Å². The lowest BCUT2D eigenvalue weighted by Crippen LogP contribution is -1.87. The van der Waals surface area contributed by atoms with Crippen LogP contribution in [0.3, 0.4) is 0 Å². The summed E-state index contributed by atoms with van der Waals surface area (Å²) in [7, 11) is 0. The van der Waals surface area contributed by atoms with Crippen LogP contribution >= 0.6 is 22.9 Å². The van der Waals surface area contributed by atoms with Crippen LogP contribution in [0.1, 0.15) is 11.8 Å². The first-order valence-corrected chi connectivity index (χ1v) is 6.30. The fourth-order valence-electron chi connectivity index (χ4n) is 1.68. The van der Waals surface area contributed by atoms with Crippen LogP contribution in [0, 0.1) is 5.82 Å². The number of nitrogens with two attached hydrogens (primary N) is 1. The molecule has 2 nitrogen and oxygen atoms in total. The summed E-state index contributed by atoms with van der Waals surface area (Å²) in [6.07, 6.45) is 0.674. The molecule has 1 heterocycles. The average Bonchev–Trinajstić information content (AvgIpc) is 2.58. The molecule has 0 fully saturated rings. The van der Waals surface area contributed by atoms with Crippen LogP contribution in [0.15, 0.2) is 18.2 Å². The fraction of sp³-hybridized carbons (Fsp3) is 0.167. The van der Waals surface area contributed by atoms with Gasteiger partial charge in [-0.05, 0) is 12.5 Å². The maximum Gasteiger partial charge on any atom is 0.142 e. The Morgan fingerprint density at radius 1 is 1.47 bits per heavy atom. The van der Waals surface area contributed by atoms with Gasteiger partial charge in [0.25, 0.3) is 0 Å². The average molecular weight is 272 g/mol. The topological polar surface area (TPSA) is 46.2 Å². The minimum Gasteiger partial charge on any atom is -0.506 e. The van der Waals surface area contributed by atoms with E-state index in [9.17, 15) is 9.50 Å². The molecule has 1 aromatic carbocycles. The van der Waals surface area contributed by atoms with Crippen molar-refractivity contribution in [1.29, 1.82) is 0 Å². The quantitative estimate of drug-likeness (QED) is 0.865. The van der Waals surface area contributed by atoms with Gasteiger partial charge in [-0.1, -0.05) is 30.7 Å². The highest BCUT2D eigenvalue weighted by Crippen LogP contribution is 2.46. The lowest BCUT2D eigenvalue weighted by Gasteiger charge is -2.05. The molecule has 3 N–H and O–H groups in total. The van der Waals surface area contributed by atoms with Crippen molar-refractivity contribution in [3.63, 3.8) is 0 Å². The van der Waals surface area contributed by atoms with E-state index < -0.39 is 5.82 Å². The van der Waals surface area contributed by atoms with E-state index in [1.54, 1.807) is 12.1 Å². The lowest BCUT2D eigenvalue weighted by molar-refractivity contribution is 0.474. The molecule has 0 radical (unpaired) electrons. The first kappa shape index (κ1) is 12.2. The predicted molar refractivity (Wildman–Crippen MR) is 70.2 cm³/mol. The van der Waals surface area contributed by atoms with E-state index >= 15 is 0 Å². The molecule has 0 aliphatic rings. The zero-order chi connectivity index (χ0) is 12.6. The van der Waals surface area contributed by atoms with Gasteiger partial charge in [0.05, 0.1) is 15.6 Å². The summed E-state index contributed by atoms with van der Waals surface area (Å²) < 4.78 is 13.4. The van der Waals surface area contributed by atoms with Gasteiger partial charge in [0, 0.05) is 10.4 Å². The number of nitrogen functional groups attached to an aromatic ring is 1. The second kappa shape index (κ2) is 4.55. The molecule has 2 rings (SSSR count). The van der Waals surface area contributed by atoms with Crippen LogP contribution in [0.25, 0.3) is 11.1 Å². The summed E-state index contributed by atoms with van der Waals surface area (Å²) in [6.45, 7) is 1.92. The molecule has 5 heteroatoms. The molecule has 0 unspecified atom stereocenters. The van der Waals surface area contributed by atoms with Gasteiger partial charge in [-0.2, -0.15) is 0 Å². The minimum absolute atomic E-state index is 0.0186. The number of hydrogen-bond donors (Lipinski definition) is 2. The molecule has 0 aliphatic heterocycles. The number of halogens is 2. The van der Waals surface area contributed by atoms with Crippen LogP contribution < -0.4 is 5.73 Å². The molecular weight excluding hydrogens is 261 g/mol. The van der Waals surface area contributed by atoms with E-state index in [0.717, 1.165) is 4.88 Å². The Hall–Kier alpha value is -1.26. The predicted octanol–water partition coefficient (Wildman–Crippen LogP) is 4.06. The fourth-order valence-corrected chi connectivity index (χ4v) is 2.82. The molecule has 1 aromatic heterocycles. The molecule has 0 saturated carbocycles. The van der Waals surface area contributed by atoms with Crippen molar-refractivity contribution in [2.45, 2.75) is 13.3 Å². The molecule has 90 valence electrons. The minimum atomic E-state index is -0.521. The Morgan fingerprint density at radius 2 is 2.18 bits per heavy atom. The largest absolute Gasteiger partial charge is 0.506 e. The van der Waals surface area contributed by atoms with Gasteiger partial charge in [0.15, 0.2) is 0 Å². The lowest BCUT2D eigenvalue weighted by atomic mass is 10.1. The molecule has 0 spiro atoms. The number of aromatic hydroxyl groups is 1. The second-order valence-electron chi connectivity index (χ2n) is 3.57. The zero-order valence-electron chi connectivity index (χ0n) is 9.13. The molecular formula is C12H11ClFNOS. The Labute approximate surface area is 107 Å². The number of thiophene rings is 1. The first-order chi connectivity index (χ1) is 8.06. The summed E-state index contributed by atoms with van der Waals surface area (Å²) >= 11 is 7.18. The number of anilines is 1. The van der Waals surface area contributed by atoms with E-state index in [1.807, 2.05) is 6.92 Å². The molecule has 0 aliphatic carbocycles. The van der Waals surface area contributed by atoms with Crippen LogP contribution in [-0.4, -0.2) is 5.11 Å². The summed E-state index contributed by atoms with van der Waals surface area (Å²) in [5.74, 6) is -0.422. The van der Waals surface area contributed by atoms with Crippen molar-refractivity contribution in [3.05, 3.63) is 33.9 Å². The third-order valence-corrected chi connectivity index (χ3v) is 4.06. The van der Waals surface area contributed by atoms with Gasteiger partial charge in [0.2, 0.25) is 0 Å². The molecule has 2 aromatic rings.